The van der Waals surface area contributed by atoms with Crippen LogP contribution in [0.1, 0.15) is 5.56 Å². The van der Waals surface area contributed by atoms with Crippen LogP contribution in [0.4, 0.5) is 17.1 Å². The molecule has 7 nitrogen and oxygen atoms in total. The second-order valence-corrected chi connectivity index (χ2v) is 5.88. The Bertz CT molecular complexity index is 986. The number of carbonyl (C=O) groups is 1. The van der Waals surface area contributed by atoms with E-state index in [1.165, 1.54) is 6.21 Å². The van der Waals surface area contributed by atoms with E-state index in [0.717, 1.165) is 11.3 Å². The molecule has 0 aliphatic heterocycles. The second kappa shape index (κ2) is 10.4. The molecular formula is C22H20N4O3. The Morgan fingerprint density at radius 2 is 1.55 bits per heavy atom. The molecule has 0 aliphatic rings. The van der Waals surface area contributed by atoms with Gasteiger partial charge in [-0.2, -0.15) is 10.2 Å². The standard InChI is InChI=1S/C22H20N4O3/c1-28-21-10-6-5-7-17(21)15-23-29-16-22(27)24-18-11-13-20(14-12-18)26-25-19-8-3-2-4-9-19/h2-15H,16H2,1H3,(H,24,27)/b23-15-,26-25?. The second-order valence-electron chi connectivity index (χ2n) is 5.88. The van der Waals surface area contributed by atoms with Crippen molar-refractivity contribution in [1.82, 2.24) is 0 Å². The Morgan fingerprint density at radius 1 is 0.897 bits per heavy atom. The highest BCUT2D eigenvalue weighted by molar-refractivity contribution is 5.92. The van der Waals surface area contributed by atoms with E-state index in [-0.39, 0.29) is 12.5 Å². The number of para-hydroxylation sites is 1. The summed E-state index contributed by atoms with van der Waals surface area (Å²) in [6.45, 7) is -0.207. The fourth-order valence-corrected chi connectivity index (χ4v) is 2.38. The molecule has 3 aromatic carbocycles. The minimum Gasteiger partial charge on any atom is -0.496 e. The number of ether oxygens (including phenoxy) is 1. The number of nitrogens with zero attached hydrogens (tertiary/aromatic N) is 3. The van der Waals surface area contributed by atoms with Gasteiger partial charge in [0.25, 0.3) is 5.91 Å². The molecule has 7 heteroatoms. The molecule has 0 spiro atoms. The van der Waals surface area contributed by atoms with Crippen molar-refractivity contribution in [1.29, 1.82) is 0 Å². The number of methoxy groups -OCH3 is 1. The van der Waals surface area contributed by atoms with E-state index in [4.69, 9.17) is 9.57 Å². The lowest BCUT2D eigenvalue weighted by Crippen LogP contribution is -2.16. The first-order valence-corrected chi connectivity index (χ1v) is 8.89. The van der Waals surface area contributed by atoms with Gasteiger partial charge in [-0.1, -0.05) is 35.5 Å². The number of nitrogens with one attached hydrogen (secondary N) is 1. The number of carbonyl (C=O) groups excluding carboxylic acids is 1. The van der Waals surface area contributed by atoms with Gasteiger partial charge in [0.2, 0.25) is 0 Å². The lowest BCUT2D eigenvalue weighted by atomic mass is 10.2. The van der Waals surface area contributed by atoms with Crippen LogP contribution in [0.15, 0.2) is 94.2 Å². The molecule has 29 heavy (non-hydrogen) atoms. The van der Waals surface area contributed by atoms with Gasteiger partial charge < -0.3 is 14.9 Å². The lowest BCUT2D eigenvalue weighted by molar-refractivity contribution is -0.120. The zero-order valence-corrected chi connectivity index (χ0v) is 15.9. The third-order valence-electron chi connectivity index (χ3n) is 3.79. The number of hydrogen-bond acceptors (Lipinski definition) is 6. The highest BCUT2D eigenvalue weighted by Crippen LogP contribution is 2.20. The van der Waals surface area contributed by atoms with Gasteiger partial charge in [0, 0.05) is 11.3 Å². The van der Waals surface area contributed by atoms with Gasteiger partial charge >= 0.3 is 0 Å². The summed E-state index contributed by atoms with van der Waals surface area (Å²) >= 11 is 0. The molecule has 0 saturated heterocycles. The predicted octanol–water partition coefficient (Wildman–Crippen LogP) is 5.10. The molecular weight excluding hydrogens is 368 g/mol. The number of amides is 1. The van der Waals surface area contributed by atoms with Crippen LogP contribution < -0.4 is 10.1 Å². The first-order chi connectivity index (χ1) is 14.2. The van der Waals surface area contributed by atoms with Crippen LogP contribution in [0.2, 0.25) is 0 Å². The highest BCUT2D eigenvalue weighted by atomic mass is 16.6. The number of hydrogen-bond donors (Lipinski definition) is 1. The smallest absolute Gasteiger partial charge is 0.265 e. The van der Waals surface area contributed by atoms with Gasteiger partial charge in [-0.3, -0.25) is 4.79 Å². The Kier molecular flexibility index (Phi) is 7.06. The summed E-state index contributed by atoms with van der Waals surface area (Å²) in [5, 5.41) is 14.8. The van der Waals surface area contributed by atoms with Crippen molar-refractivity contribution in [3.8, 4) is 5.75 Å². The molecule has 3 rings (SSSR count). The van der Waals surface area contributed by atoms with Crippen molar-refractivity contribution in [3.63, 3.8) is 0 Å². The molecule has 0 heterocycles. The minimum absolute atomic E-state index is 0.207. The van der Waals surface area contributed by atoms with Gasteiger partial charge in [0.15, 0.2) is 6.61 Å². The number of benzene rings is 3. The third-order valence-corrected chi connectivity index (χ3v) is 3.79. The highest BCUT2D eigenvalue weighted by Gasteiger charge is 2.03. The van der Waals surface area contributed by atoms with E-state index < -0.39 is 0 Å². The topological polar surface area (TPSA) is 84.6 Å². The molecule has 3 aromatic rings. The maximum absolute atomic E-state index is 12.0. The number of rotatable bonds is 8. The normalized spacial score (nSPS) is 10.9. The van der Waals surface area contributed by atoms with Crippen LogP contribution >= 0.6 is 0 Å². The molecule has 0 aliphatic carbocycles. The summed E-state index contributed by atoms with van der Waals surface area (Å²) in [6, 6.07) is 23.9. The predicted molar refractivity (Wildman–Crippen MR) is 112 cm³/mol. The molecule has 146 valence electrons. The van der Waals surface area contributed by atoms with Gasteiger partial charge in [0.1, 0.15) is 5.75 Å². The molecule has 1 N–H and O–H groups in total. The molecule has 0 fully saturated rings. The number of anilines is 1. The third kappa shape index (κ3) is 6.28. The molecule has 0 bridgehead atoms. The van der Waals surface area contributed by atoms with Crippen LogP contribution in [0.5, 0.6) is 5.75 Å². The average Bonchev–Trinajstić information content (AvgIpc) is 2.77. The van der Waals surface area contributed by atoms with E-state index in [9.17, 15) is 4.79 Å². The van der Waals surface area contributed by atoms with Gasteiger partial charge in [-0.25, -0.2) is 0 Å². The first kappa shape index (κ1) is 19.8. The monoisotopic (exact) mass is 388 g/mol. The summed E-state index contributed by atoms with van der Waals surface area (Å²) in [6.07, 6.45) is 1.50. The largest absolute Gasteiger partial charge is 0.496 e. The molecule has 0 saturated carbocycles. The lowest BCUT2D eigenvalue weighted by Gasteiger charge is -2.05. The fourth-order valence-electron chi connectivity index (χ4n) is 2.38. The zero-order chi connectivity index (χ0) is 20.3. The SMILES string of the molecule is COc1ccccc1/C=N\OCC(=O)Nc1ccc(N=Nc2ccccc2)cc1. The van der Waals surface area contributed by atoms with E-state index in [1.54, 1.807) is 31.4 Å². The zero-order valence-electron chi connectivity index (χ0n) is 15.9. The Balaban J connectivity index is 1.47. The average molecular weight is 388 g/mol. The van der Waals surface area contributed by atoms with E-state index in [1.807, 2.05) is 54.6 Å². The Hall–Kier alpha value is -4.00. The summed E-state index contributed by atoms with van der Waals surface area (Å²) in [4.78, 5) is 17.0. The van der Waals surface area contributed by atoms with Crippen molar-refractivity contribution in [2.45, 2.75) is 0 Å². The molecule has 0 radical (unpaired) electrons. The quantitative estimate of drug-likeness (QED) is 0.331. The Labute approximate surface area is 168 Å². The summed E-state index contributed by atoms with van der Waals surface area (Å²) in [5.41, 5.74) is 2.85. The van der Waals surface area contributed by atoms with E-state index in [2.05, 4.69) is 20.7 Å². The van der Waals surface area contributed by atoms with Gasteiger partial charge in [-0.05, 0) is 48.5 Å². The number of azo groups is 1. The van der Waals surface area contributed by atoms with Gasteiger partial charge in [-0.15, -0.1) is 0 Å². The number of oxime groups is 1. The van der Waals surface area contributed by atoms with Crippen molar-refractivity contribution in [3.05, 3.63) is 84.4 Å². The van der Waals surface area contributed by atoms with Crippen LogP contribution in [-0.4, -0.2) is 25.8 Å². The molecule has 0 atom stereocenters. The summed E-state index contributed by atoms with van der Waals surface area (Å²) in [7, 11) is 1.58. The van der Waals surface area contributed by atoms with E-state index >= 15 is 0 Å². The maximum Gasteiger partial charge on any atom is 0.265 e. The van der Waals surface area contributed by atoms with Crippen molar-refractivity contribution in [2.24, 2.45) is 15.4 Å². The van der Waals surface area contributed by atoms with Gasteiger partial charge in [0.05, 0.1) is 24.7 Å². The van der Waals surface area contributed by atoms with E-state index in [0.29, 0.717) is 17.1 Å². The van der Waals surface area contributed by atoms with Crippen LogP contribution in [0, 0.1) is 0 Å². The van der Waals surface area contributed by atoms with Crippen LogP contribution in [0.3, 0.4) is 0 Å². The summed E-state index contributed by atoms with van der Waals surface area (Å²) in [5.74, 6) is 0.356. The maximum atomic E-state index is 12.0. The molecule has 0 aromatic heterocycles. The molecule has 1 amide bonds. The van der Waals surface area contributed by atoms with Crippen LogP contribution in [0.25, 0.3) is 0 Å². The van der Waals surface area contributed by atoms with Crippen molar-refractivity contribution in [2.75, 3.05) is 19.0 Å². The fraction of sp³-hybridized carbons (Fsp3) is 0.0909. The minimum atomic E-state index is -0.319. The Morgan fingerprint density at radius 3 is 2.28 bits per heavy atom. The van der Waals surface area contributed by atoms with Crippen LogP contribution in [-0.2, 0) is 9.63 Å². The summed E-state index contributed by atoms with van der Waals surface area (Å²) < 4.78 is 5.21. The molecule has 0 unspecified atom stereocenters. The van der Waals surface area contributed by atoms with Crippen molar-refractivity contribution < 1.29 is 14.4 Å². The first-order valence-electron chi connectivity index (χ1n) is 8.89. The van der Waals surface area contributed by atoms with Crippen molar-refractivity contribution >= 4 is 29.2 Å².